The zero-order chi connectivity index (χ0) is 13.0. The Bertz CT molecular complexity index is 396. The number of nitrogens with two attached hydrogens (primary N) is 1. The number of nitrogens with one attached hydrogen (secondary N) is 1. The topological polar surface area (TPSA) is 55.1 Å². The summed E-state index contributed by atoms with van der Waals surface area (Å²) in [7, 11) is 0. The van der Waals surface area contributed by atoms with Crippen molar-refractivity contribution in [1.82, 2.24) is 5.32 Å². The van der Waals surface area contributed by atoms with E-state index in [1.807, 2.05) is 5.38 Å². The number of rotatable bonds is 4. The fourth-order valence-electron chi connectivity index (χ4n) is 2.83. The minimum absolute atomic E-state index is 0.0000709. The van der Waals surface area contributed by atoms with Crippen LogP contribution in [0.25, 0.3) is 0 Å². The third kappa shape index (κ3) is 3.05. The molecule has 1 amide bonds. The molecule has 1 heterocycles. The lowest BCUT2D eigenvalue weighted by molar-refractivity contribution is 0.0916. The Kier molecular flexibility index (Phi) is 4.64. The minimum Gasteiger partial charge on any atom is -0.397 e. The van der Waals surface area contributed by atoms with Crippen molar-refractivity contribution in [2.75, 3.05) is 5.73 Å². The zero-order valence-electron chi connectivity index (χ0n) is 10.9. The first-order valence-corrected chi connectivity index (χ1v) is 7.74. The summed E-state index contributed by atoms with van der Waals surface area (Å²) in [6.45, 7) is 2.15. The summed E-state index contributed by atoms with van der Waals surface area (Å²) < 4.78 is 0. The van der Waals surface area contributed by atoms with Gasteiger partial charge in [0.25, 0.3) is 5.91 Å². The quantitative estimate of drug-likeness (QED) is 0.877. The van der Waals surface area contributed by atoms with E-state index in [0.717, 1.165) is 6.42 Å². The smallest absolute Gasteiger partial charge is 0.263 e. The molecule has 18 heavy (non-hydrogen) atoms. The molecule has 1 aromatic heterocycles. The maximum absolute atomic E-state index is 12.2. The first-order valence-electron chi connectivity index (χ1n) is 6.86. The average Bonchev–Trinajstić information content (AvgIpc) is 2.83. The van der Waals surface area contributed by atoms with Crippen LogP contribution < -0.4 is 11.1 Å². The number of amides is 1. The predicted molar refractivity (Wildman–Crippen MR) is 76.9 cm³/mol. The summed E-state index contributed by atoms with van der Waals surface area (Å²) in [6.07, 6.45) is 7.45. The van der Waals surface area contributed by atoms with Crippen LogP contribution in [0.1, 0.15) is 55.1 Å². The van der Waals surface area contributed by atoms with Crippen LogP contribution >= 0.6 is 11.3 Å². The molecule has 1 saturated carbocycles. The van der Waals surface area contributed by atoms with Crippen molar-refractivity contribution in [1.29, 1.82) is 0 Å². The standard InChI is InChI=1S/C14H22N2OS/c1-2-12(10-6-4-3-5-7-10)16-14(17)13-11(15)8-9-18-13/h8-10,12H,2-7,15H2,1H3,(H,16,17). The summed E-state index contributed by atoms with van der Waals surface area (Å²) >= 11 is 1.42. The van der Waals surface area contributed by atoms with Crippen molar-refractivity contribution in [2.45, 2.75) is 51.5 Å². The molecule has 1 fully saturated rings. The Morgan fingerprint density at radius 3 is 2.78 bits per heavy atom. The number of thiophene rings is 1. The van der Waals surface area contributed by atoms with E-state index in [1.165, 1.54) is 43.4 Å². The fourth-order valence-corrected chi connectivity index (χ4v) is 3.55. The molecular formula is C14H22N2OS. The van der Waals surface area contributed by atoms with Crippen molar-refractivity contribution in [2.24, 2.45) is 5.92 Å². The summed E-state index contributed by atoms with van der Waals surface area (Å²) in [5.74, 6) is 0.647. The molecule has 3 nitrogen and oxygen atoms in total. The van der Waals surface area contributed by atoms with Crippen molar-refractivity contribution in [3.63, 3.8) is 0 Å². The third-order valence-electron chi connectivity index (χ3n) is 3.88. The van der Waals surface area contributed by atoms with Crippen LogP contribution in [0.2, 0.25) is 0 Å². The lowest BCUT2D eigenvalue weighted by atomic mass is 9.83. The van der Waals surface area contributed by atoms with Gasteiger partial charge in [-0.05, 0) is 36.6 Å². The normalized spacial score (nSPS) is 18.5. The molecule has 0 saturated heterocycles. The molecule has 1 aliphatic rings. The third-order valence-corrected chi connectivity index (χ3v) is 4.81. The molecule has 2 rings (SSSR count). The van der Waals surface area contributed by atoms with Crippen LogP contribution in [0.3, 0.4) is 0 Å². The number of anilines is 1. The second-order valence-corrected chi connectivity index (χ2v) is 6.01. The van der Waals surface area contributed by atoms with Gasteiger partial charge >= 0.3 is 0 Å². The Labute approximate surface area is 113 Å². The minimum atomic E-state index is -0.0000709. The van der Waals surface area contributed by atoms with Gasteiger partial charge in [-0.25, -0.2) is 0 Å². The van der Waals surface area contributed by atoms with Crippen molar-refractivity contribution < 1.29 is 4.79 Å². The Morgan fingerprint density at radius 1 is 1.50 bits per heavy atom. The number of hydrogen-bond donors (Lipinski definition) is 2. The number of nitrogen functional groups attached to an aromatic ring is 1. The van der Waals surface area contributed by atoms with Crippen LogP contribution in [0.4, 0.5) is 5.69 Å². The highest BCUT2D eigenvalue weighted by molar-refractivity contribution is 7.12. The van der Waals surface area contributed by atoms with E-state index < -0.39 is 0 Å². The zero-order valence-corrected chi connectivity index (χ0v) is 11.8. The van der Waals surface area contributed by atoms with Crippen LogP contribution in [0.15, 0.2) is 11.4 Å². The maximum atomic E-state index is 12.2. The van der Waals surface area contributed by atoms with E-state index in [4.69, 9.17) is 5.73 Å². The second kappa shape index (κ2) is 6.23. The Balaban J connectivity index is 1.97. The average molecular weight is 266 g/mol. The predicted octanol–water partition coefficient (Wildman–Crippen LogP) is 3.42. The summed E-state index contributed by atoms with van der Waals surface area (Å²) in [6, 6.07) is 2.10. The molecular weight excluding hydrogens is 244 g/mol. The second-order valence-electron chi connectivity index (χ2n) is 5.09. The van der Waals surface area contributed by atoms with Gasteiger partial charge in [0.2, 0.25) is 0 Å². The van der Waals surface area contributed by atoms with Crippen LogP contribution in [0, 0.1) is 5.92 Å². The molecule has 1 unspecified atom stereocenters. The molecule has 0 aliphatic heterocycles. The molecule has 1 atom stereocenters. The number of hydrogen-bond acceptors (Lipinski definition) is 3. The van der Waals surface area contributed by atoms with E-state index in [2.05, 4.69) is 12.2 Å². The maximum Gasteiger partial charge on any atom is 0.263 e. The van der Waals surface area contributed by atoms with E-state index in [1.54, 1.807) is 6.07 Å². The first-order chi connectivity index (χ1) is 8.72. The van der Waals surface area contributed by atoms with Gasteiger partial charge in [-0.2, -0.15) is 0 Å². The number of carbonyl (C=O) groups is 1. The van der Waals surface area contributed by atoms with Gasteiger partial charge in [0.05, 0.1) is 5.69 Å². The monoisotopic (exact) mass is 266 g/mol. The van der Waals surface area contributed by atoms with Crippen LogP contribution in [0.5, 0.6) is 0 Å². The van der Waals surface area contributed by atoms with Crippen molar-refractivity contribution >= 4 is 22.9 Å². The van der Waals surface area contributed by atoms with Gasteiger partial charge in [0.1, 0.15) is 4.88 Å². The summed E-state index contributed by atoms with van der Waals surface area (Å²) in [5, 5.41) is 5.04. The molecule has 0 aromatic carbocycles. The molecule has 3 N–H and O–H groups in total. The highest BCUT2D eigenvalue weighted by atomic mass is 32.1. The lowest BCUT2D eigenvalue weighted by Crippen LogP contribution is -2.40. The van der Waals surface area contributed by atoms with Gasteiger partial charge in [0, 0.05) is 6.04 Å². The van der Waals surface area contributed by atoms with Crippen molar-refractivity contribution in [3.8, 4) is 0 Å². The number of carbonyl (C=O) groups excluding carboxylic acids is 1. The lowest BCUT2D eigenvalue weighted by Gasteiger charge is -2.30. The molecule has 1 aliphatic carbocycles. The van der Waals surface area contributed by atoms with Crippen molar-refractivity contribution in [3.05, 3.63) is 16.3 Å². The summed E-state index contributed by atoms with van der Waals surface area (Å²) in [4.78, 5) is 12.8. The van der Waals surface area contributed by atoms with E-state index in [9.17, 15) is 4.79 Å². The van der Waals surface area contributed by atoms with Gasteiger partial charge < -0.3 is 11.1 Å². The molecule has 4 heteroatoms. The van der Waals surface area contributed by atoms with E-state index in [0.29, 0.717) is 22.5 Å². The molecule has 0 bridgehead atoms. The van der Waals surface area contributed by atoms with E-state index in [-0.39, 0.29) is 5.91 Å². The Hall–Kier alpha value is -1.03. The van der Waals surface area contributed by atoms with Gasteiger partial charge in [-0.15, -0.1) is 11.3 Å². The van der Waals surface area contributed by atoms with Crippen LogP contribution in [-0.4, -0.2) is 11.9 Å². The van der Waals surface area contributed by atoms with Gasteiger partial charge in [0.15, 0.2) is 0 Å². The van der Waals surface area contributed by atoms with Gasteiger partial charge in [-0.1, -0.05) is 26.2 Å². The highest BCUT2D eigenvalue weighted by Crippen LogP contribution is 2.28. The Morgan fingerprint density at radius 2 is 2.22 bits per heavy atom. The summed E-state index contributed by atoms with van der Waals surface area (Å²) in [5.41, 5.74) is 6.38. The highest BCUT2D eigenvalue weighted by Gasteiger charge is 2.24. The van der Waals surface area contributed by atoms with Gasteiger partial charge in [-0.3, -0.25) is 4.79 Å². The molecule has 100 valence electrons. The molecule has 0 radical (unpaired) electrons. The first kappa shape index (κ1) is 13.4. The van der Waals surface area contributed by atoms with E-state index >= 15 is 0 Å². The fraction of sp³-hybridized carbons (Fsp3) is 0.643. The van der Waals surface area contributed by atoms with Crippen LogP contribution in [-0.2, 0) is 0 Å². The SMILES string of the molecule is CCC(NC(=O)c1sccc1N)C1CCCCC1. The molecule has 1 aromatic rings. The molecule has 0 spiro atoms. The largest absolute Gasteiger partial charge is 0.397 e.